The van der Waals surface area contributed by atoms with Crippen LogP contribution in [0, 0.1) is 0 Å². The molecule has 6 heteroatoms. The second kappa shape index (κ2) is 3.66. The third kappa shape index (κ3) is 1.39. The van der Waals surface area contributed by atoms with E-state index in [1.807, 2.05) is 0 Å². The van der Waals surface area contributed by atoms with Gasteiger partial charge in [0.2, 0.25) is 0 Å². The van der Waals surface area contributed by atoms with Crippen molar-refractivity contribution in [1.29, 1.82) is 0 Å². The van der Waals surface area contributed by atoms with Gasteiger partial charge in [0, 0.05) is 24.4 Å². The Labute approximate surface area is 97.4 Å². The molecule has 1 fully saturated rings. The van der Waals surface area contributed by atoms with Crippen LogP contribution in [0.4, 0.5) is 10.5 Å². The van der Waals surface area contributed by atoms with Gasteiger partial charge in [-0.3, -0.25) is 4.79 Å². The summed E-state index contributed by atoms with van der Waals surface area (Å²) in [5.41, 5.74) is 5.92. The lowest BCUT2D eigenvalue weighted by molar-refractivity contribution is -0.118. The molecule has 16 heavy (non-hydrogen) atoms. The van der Waals surface area contributed by atoms with E-state index in [1.54, 1.807) is 30.3 Å². The fraction of sp³-hybridized carbons (Fsp3) is 0.100. The van der Waals surface area contributed by atoms with Gasteiger partial charge in [0.25, 0.3) is 0 Å². The normalized spacial score (nSPS) is 24.2. The minimum atomic E-state index is -0.689. The molecule has 0 bridgehead atoms. The average Bonchev–Trinajstić information content (AvgIpc) is 2.56. The van der Waals surface area contributed by atoms with Gasteiger partial charge in [-0.15, -0.1) is 9.80 Å². The minimum absolute atomic E-state index is 0.00343. The average molecular weight is 235 g/mol. The molecule has 0 aliphatic carbocycles. The fourth-order valence-electron chi connectivity index (χ4n) is 1.68. The van der Waals surface area contributed by atoms with Crippen molar-refractivity contribution in [3.05, 3.63) is 30.3 Å². The number of urea groups is 1. The summed E-state index contributed by atoms with van der Waals surface area (Å²) in [6.45, 7) is -0.127. The van der Waals surface area contributed by atoms with Gasteiger partial charge in [0.05, 0.1) is 0 Å². The van der Waals surface area contributed by atoms with Crippen LogP contribution in [-0.2, 0) is 4.79 Å². The summed E-state index contributed by atoms with van der Waals surface area (Å²) in [7, 11) is 0. The Kier molecular flexibility index (Phi) is 2.45. The SMILES string of the molecule is NC(=O)[N+]1(c2ccccc2)CC(=O)[N]C1=S. The number of nitrogens with two attached hydrogens (primary N) is 1. The summed E-state index contributed by atoms with van der Waals surface area (Å²) >= 11 is 4.97. The minimum Gasteiger partial charge on any atom is -0.318 e. The summed E-state index contributed by atoms with van der Waals surface area (Å²) in [5.74, 6) is -0.423. The number of hydrogen-bond acceptors (Lipinski definition) is 3. The predicted octanol–water partition coefficient (Wildman–Crippen LogP) is 0.502. The smallest absolute Gasteiger partial charge is 0.318 e. The van der Waals surface area contributed by atoms with Crippen molar-refractivity contribution >= 4 is 35.0 Å². The number of carbonyl (C=O) groups is 2. The molecule has 1 saturated heterocycles. The van der Waals surface area contributed by atoms with Crippen LogP contribution in [-0.4, -0.2) is 23.6 Å². The molecule has 1 radical (unpaired) electrons. The zero-order chi connectivity index (χ0) is 11.8. The summed E-state index contributed by atoms with van der Waals surface area (Å²) in [4.78, 5) is 22.8. The van der Waals surface area contributed by atoms with Crippen LogP contribution in [0.2, 0.25) is 0 Å². The van der Waals surface area contributed by atoms with Crippen LogP contribution < -0.4 is 15.5 Å². The molecule has 0 spiro atoms. The number of nitrogens with zero attached hydrogens (tertiary/aromatic N) is 2. The highest BCUT2D eigenvalue weighted by molar-refractivity contribution is 7.80. The third-order valence-corrected chi connectivity index (χ3v) is 2.90. The van der Waals surface area contributed by atoms with E-state index in [0.717, 1.165) is 0 Å². The lowest BCUT2D eigenvalue weighted by atomic mass is 10.2. The Morgan fingerprint density at radius 1 is 1.38 bits per heavy atom. The largest absolute Gasteiger partial charge is 0.426 e. The van der Waals surface area contributed by atoms with E-state index < -0.39 is 16.4 Å². The summed E-state index contributed by atoms with van der Waals surface area (Å²) in [6, 6.07) is 8.02. The summed E-state index contributed by atoms with van der Waals surface area (Å²) < 4.78 is -0.477. The lowest BCUT2D eigenvalue weighted by Gasteiger charge is -2.24. The van der Waals surface area contributed by atoms with Gasteiger partial charge >= 0.3 is 17.1 Å². The zero-order valence-corrected chi connectivity index (χ0v) is 9.11. The summed E-state index contributed by atoms with van der Waals surface area (Å²) in [5, 5.41) is 3.61. The van der Waals surface area contributed by atoms with Gasteiger partial charge in [-0.05, 0) is 0 Å². The van der Waals surface area contributed by atoms with Crippen LogP contribution in [0.15, 0.2) is 30.3 Å². The van der Waals surface area contributed by atoms with Crippen LogP contribution in [0.25, 0.3) is 0 Å². The first-order chi connectivity index (χ1) is 7.57. The predicted molar refractivity (Wildman–Crippen MR) is 62.4 cm³/mol. The Morgan fingerprint density at radius 2 is 2.00 bits per heavy atom. The molecule has 3 amide bonds. The van der Waals surface area contributed by atoms with Gasteiger partial charge < -0.3 is 5.73 Å². The number of thiocarbonyl (C=S) groups is 1. The standard InChI is InChI=1S/C10H8N3O2S/c11-9(15)13(6-8(14)12-10(13)16)7-4-2-1-3-5-7/h1-5H,6H2,(H-,11,15)/p+1. The molecule has 1 aromatic carbocycles. The Hall–Kier alpha value is -1.79. The lowest BCUT2D eigenvalue weighted by Crippen LogP contribution is -2.58. The molecular formula is C10H9N3O2S+. The van der Waals surface area contributed by atoms with Gasteiger partial charge in [-0.1, -0.05) is 18.2 Å². The molecule has 1 heterocycles. The molecule has 1 unspecified atom stereocenters. The van der Waals surface area contributed by atoms with Crippen LogP contribution in [0.1, 0.15) is 0 Å². The number of amides is 3. The second-order valence-corrected chi connectivity index (χ2v) is 3.79. The van der Waals surface area contributed by atoms with Crippen molar-refractivity contribution in [2.24, 2.45) is 5.73 Å². The molecule has 1 aliphatic rings. The van der Waals surface area contributed by atoms with E-state index in [9.17, 15) is 9.59 Å². The first-order valence-electron chi connectivity index (χ1n) is 4.60. The fourth-order valence-corrected chi connectivity index (χ4v) is 2.04. The molecule has 1 aromatic rings. The van der Waals surface area contributed by atoms with E-state index in [2.05, 4.69) is 5.32 Å². The van der Waals surface area contributed by atoms with Crippen molar-refractivity contribution in [1.82, 2.24) is 9.80 Å². The van der Waals surface area contributed by atoms with Crippen LogP contribution in [0.5, 0.6) is 0 Å². The van der Waals surface area contributed by atoms with Crippen molar-refractivity contribution in [3.8, 4) is 0 Å². The molecule has 0 saturated carbocycles. The Morgan fingerprint density at radius 3 is 2.44 bits per heavy atom. The topological polar surface area (TPSA) is 74.3 Å². The van der Waals surface area contributed by atoms with E-state index in [4.69, 9.17) is 18.0 Å². The maximum absolute atomic E-state index is 11.6. The van der Waals surface area contributed by atoms with Crippen molar-refractivity contribution in [2.75, 3.05) is 6.54 Å². The molecule has 1 aliphatic heterocycles. The van der Waals surface area contributed by atoms with Crippen molar-refractivity contribution in [2.45, 2.75) is 0 Å². The first kappa shape index (κ1) is 10.7. The molecule has 2 N–H and O–H groups in total. The molecule has 5 nitrogen and oxygen atoms in total. The first-order valence-corrected chi connectivity index (χ1v) is 5.01. The Bertz CT molecular complexity index is 474. The van der Waals surface area contributed by atoms with E-state index in [-0.39, 0.29) is 11.7 Å². The monoisotopic (exact) mass is 235 g/mol. The highest BCUT2D eigenvalue weighted by Crippen LogP contribution is 2.26. The van der Waals surface area contributed by atoms with Gasteiger partial charge in [-0.25, -0.2) is 4.79 Å². The quantitative estimate of drug-likeness (QED) is 0.569. The second-order valence-electron chi connectivity index (χ2n) is 3.43. The van der Waals surface area contributed by atoms with Crippen molar-refractivity contribution < 1.29 is 9.59 Å². The summed E-state index contributed by atoms with van der Waals surface area (Å²) in [6.07, 6.45) is 0. The number of rotatable bonds is 1. The van der Waals surface area contributed by atoms with Crippen molar-refractivity contribution in [3.63, 3.8) is 0 Å². The molecule has 81 valence electrons. The molecule has 2 rings (SSSR count). The number of hydrogen-bond donors (Lipinski definition) is 1. The third-order valence-electron chi connectivity index (χ3n) is 2.49. The maximum atomic E-state index is 11.6. The number of carbonyl (C=O) groups excluding carboxylic acids is 2. The number of para-hydroxylation sites is 1. The molecule has 1 atom stereocenters. The molecule has 0 aromatic heterocycles. The zero-order valence-electron chi connectivity index (χ0n) is 8.29. The van der Waals surface area contributed by atoms with E-state index >= 15 is 0 Å². The van der Waals surface area contributed by atoms with E-state index in [1.165, 1.54) is 0 Å². The molecular weight excluding hydrogens is 226 g/mol. The van der Waals surface area contributed by atoms with Gasteiger partial charge in [0.1, 0.15) is 5.69 Å². The highest BCUT2D eigenvalue weighted by Gasteiger charge is 2.52. The number of quaternary nitrogens is 1. The van der Waals surface area contributed by atoms with Gasteiger partial charge in [-0.2, -0.15) is 0 Å². The van der Waals surface area contributed by atoms with E-state index in [0.29, 0.717) is 5.69 Å². The number of primary amides is 1. The maximum Gasteiger partial charge on any atom is 0.426 e. The van der Waals surface area contributed by atoms with Crippen LogP contribution >= 0.6 is 12.2 Å². The highest BCUT2D eigenvalue weighted by atomic mass is 32.1. The number of benzene rings is 1. The van der Waals surface area contributed by atoms with Crippen LogP contribution in [0.3, 0.4) is 0 Å². The Balaban J connectivity index is 2.58. The van der Waals surface area contributed by atoms with Gasteiger partial charge in [0.15, 0.2) is 6.54 Å².